The third-order valence-electron chi connectivity index (χ3n) is 12.4. The van der Waals surface area contributed by atoms with Crippen LogP contribution in [0, 0.1) is 0 Å². The normalized spacial score (nSPS) is 11.6. The maximum absolute atomic E-state index is 2.43. The predicted molar refractivity (Wildman–Crippen MR) is 264 cm³/mol. The second kappa shape index (κ2) is 14.6. The molecule has 12 rings (SSSR count). The van der Waals surface area contributed by atoms with Crippen LogP contribution in [-0.4, -0.2) is 0 Å². The Morgan fingerprint density at radius 3 is 0.885 bits per heavy atom. The van der Waals surface area contributed by atoms with E-state index in [2.05, 4.69) is 231 Å². The van der Waals surface area contributed by atoms with Crippen molar-refractivity contribution in [3.63, 3.8) is 0 Å². The third-order valence-corrected chi connectivity index (χ3v) is 13.7. The van der Waals surface area contributed by atoms with E-state index in [1.54, 1.807) is 0 Å². The van der Waals surface area contributed by atoms with E-state index >= 15 is 0 Å². The summed E-state index contributed by atoms with van der Waals surface area (Å²) in [7, 11) is 0. The zero-order valence-corrected chi connectivity index (χ0v) is 34.2. The lowest BCUT2D eigenvalue weighted by Crippen LogP contribution is -1.91. The molecule has 0 aliphatic carbocycles. The predicted octanol–water partition coefficient (Wildman–Crippen LogP) is 17.5. The Morgan fingerprint density at radius 1 is 0.197 bits per heavy atom. The Labute approximate surface area is 359 Å². The highest BCUT2D eigenvalue weighted by Crippen LogP contribution is 2.50. The highest BCUT2D eigenvalue weighted by atomic mass is 32.1. The van der Waals surface area contributed by atoms with E-state index in [1.807, 2.05) is 11.3 Å². The number of hydrogen-bond donors (Lipinski definition) is 0. The van der Waals surface area contributed by atoms with Crippen LogP contribution in [0.5, 0.6) is 0 Å². The molecule has 1 heteroatoms. The molecule has 0 fully saturated rings. The largest absolute Gasteiger partial charge is 0.135 e. The fraction of sp³-hybridized carbons (Fsp3) is 0. The molecule has 0 bridgehead atoms. The van der Waals surface area contributed by atoms with E-state index in [-0.39, 0.29) is 0 Å². The summed E-state index contributed by atoms with van der Waals surface area (Å²) in [5.41, 5.74) is 13.8. The molecule has 0 aliphatic heterocycles. The summed E-state index contributed by atoms with van der Waals surface area (Å²) in [5, 5.41) is 11.4. The summed E-state index contributed by atoms with van der Waals surface area (Å²) < 4.78 is 1.29. The zero-order valence-electron chi connectivity index (χ0n) is 33.3. The summed E-state index contributed by atoms with van der Waals surface area (Å²) >= 11 is 1.89. The number of hydrogen-bond acceptors (Lipinski definition) is 1. The highest BCUT2D eigenvalue weighted by molar-refractivity contribution is 7.23. The minimum absolute atomic E-state index is 1.22. The summed E-state index contributed by atoms with van der Waals surface area (Å²) in [6, 6.07) is 84.9. The van der Waals surface area contributed by atoms with Crippen molar-refractivity contribution in [2.75, 3.05) is 0 Å². The van der Waals surface area contributed by atoms with Gasteiger partial charge in [0, 0.05) is 20.5 Å². The lowest BCUT2D eigenvalue weighted by Gasteiger charge is -2.18. The van der Waals surface area contributed by atoms with Gasteiger partial charge in [-0.2, -0.15) is 0 Å². The molecule has 0 spiro atoms. The quantitative estimate of drug-likeness (QED) is 0.147. The van der Waals surface area contributed by atoms with Crippen molar-refractivity contribution in [3.05, 3.63) is 231 Å². The Hall–Kier alpha value is -7.58. The molecule has 0 unspecified atom stereocenters. The first kappa shape index (κ1) is 35.4. The average molecular weight is 791 g/mol. The van der Waals surface area contributed by atoms with Gasteiger partial charge < -0.3 is 0 Å². The Kier molecular flexibility index (Phi) is 8.47. The Bertz CT molecular complexity index is 3520. The first-order chi connectivity index (χ1) is 30.3. The van der Waals surface area contributed by atoms with Gasteiger partial charge in [0.05, 0.1) is 0 Å². The van der Waals surface area contributed by atoms with Crippen LogP contribution in [-0.2, 0) is 0 Å². The zero-order chi connectivity index (χ0) is 40.3. The van der Waals surface area contributed by atoms with Crippen molar-refractivity contribution in [2.24, 2.45) is 0 Å². The lowest BCUT2D eigenvalue weighted by atomic mass is 9.85. The summed E-state index contributed by atoms with van der Waals surface area (Å²) in [6.45, 7) is 0. The molecular weight excluding hydrogens is 753 g/mol. The molecule has 0 nitrogen and oxygen atoms in total. The molecule has 1 heterocycles. The molecule has 1 aromatic heterocycles. The van der Waals surface area contributed by atoms with Crippen molar-refractivity contribution >= 4 is 64.5 Å². The van der Waals surface area contributed by atoms with Crippen LogP contribution in [0.1, 0.15) is 0 Å². The van der Waals surface area contributed by atoms with Crippen molar-refractivity contribution in [3.8, 4) is 66.1 Å². The van der Waals surface area contributed by atoms with Gasteiger partial charge >= 0.3 is 0 Å². The Balaban J connectivity index is 1.07. The fourth-order valence-electron chi connectivity index (χ4n) is 9.89. The average Bonchev–Trinajstić information content (AvgIpc) is 3.73. The van der Waals surface area contributed by atoms with Crippen LogP contribution in [0.2, 0.25) is 0 Å². The molecule has 11 aromatic carbocycles. The van der Waals surface area contributed by atoms with Crippen LogP contribution >= 0.6 is 11.3 Å². The van der Waals surface area contributed by atoms with Crippen LogP contribution in [0.4, 0.5) is 0 Å². The molecule has 0 aliphatic rings. The molecule has 0 atom stereocenters. The van der Waals surface area contributed by atoms with E-state index in [9.17, 15) is 0 Å². The van der Waals surface area contributed by atoms with E-state index in [1.165, 1.54) is 119 Å². The molecular formula is C60H38S. The Morgan fingerprint density at radius 2 is 0.475 bits per heavy atom. The monoisotopic (exact) mass is 790 g/mol. The second-order valence-corrected chi connectivity index (χ2v) is 16.9. The first-order valence-corrected chi connectivity index (χ1v) is 21.8. The van der Waals surface area contributed by atoms with Gasteiger partial charge in [0.25, 0.3) is 0 Å². The molecule has 0 N–H and O–H groups in total. The number of fused-ring (bicyclic) bond motifs is 5. The van der Waals surface area contributed by atoms with Crippen molar-refractivity contribution < 1.29 is 0 Å². The van der Waals surface area contributed by atoms with Crippen LogP contribution in [0.15, 0.2) is 231 Å². The van der Waals surface area contributed by atoms with E-state index < -0.39 is 0 Å². The van der Waals surface area contributed by atoms with E-state index in [4.69, 9.17) is 0 Å². The molecule has 0 saturated heterocycles. The smallest absolute Gasteiger partial charge is 0.0434 e. The van der Waals surface area contributed by atoms with Crippen LogP contribution in [0.25, 0.3) is 119 Å². The fourth-order valence-corrected chi connectivity index (χ4v) is 11.1. The molecule has 12 aromatic rings. The summed E-state index contributed by atoms with van der Waals surface area (Å²) in [6.07, 6.45) is 0. The summed E-state index contributed by atoms with van der Waals surface area (Å²) in [5.74, 6) is 0. The van der Waals surface area contributed by atoms with Gasteiger partial charge in [-0.05, 0) is 117 Å². The molecule has 284 valence electrons. The van der Waals surface area contributed by atoms with Gasteiger partial charge in [-0.25, -0.2) is 0 Å². The maximum Gasteiger partial charge on any atom is 0.0434 e. The van der Waals surface area contributed by atoms with E-state index in [0.717, 1.165) is 0 Å². The second-order valence-electron chi connectivity index (χ2n) is 15.9. The SMILES string of the molecule is c1ccc(-c2c3ccccc3c(-c3cccc(-c4sc5ccccc5c4-c4cccc(-c5c6ccccc6c(-c6ccccc6)c6ccccc56)c4)c3)c3ccccc23)cc1. The lowest BCUT2D eigenvalue weighted by molar-refractivity contribution is 1.63. The molecule has 0 amide bonds. The van der Waals surface area contributed by atoms with Gasteiger partial charge in [-0.3, -0.25) is 0 Å². The maximum atomic E-state index is 2.43. The van der Waals surface area contributed by atoms with Crippen molar-refractivity contribution in [2.45, 2.75) is 0 Å². The van der Waals surface area contributed by atoms with Gasteiger partial charge in [0.2, 0.25) is 0 Å². The van der Waals surface area contributed by atoms with Crippen LogP contribution < -0.4 is 0 Å². The van der Waals surface area contributed by atoms with Crippen LogP contribution in [0.3, 0.4) is 0 Å². The van der Waals surface area contributed by atoms with Gasteiger partial charge in [0.15, 0.2) is 0 Å². The van der Waals surface area contributed by atoms with Gasteiger partial charge in [-0.1, -0.05) is 212 Å². The number of benzene rings is 11. The van der Waals surface area contributed by atoms with Crippen molar-refractivity contribution in [1.29, 1.82) is 0 Å². The number of rotatable bonds is 6. The number of thiophene rings is 1. The summed E-state index contributed by atoms with van der Waals surface area (Å²) in [4.78, 5) is 1.28. The topological polar surface area (TPSA) is 0 Å². The molecule has 0 radical (unpaired) electrons. The molecule has 0 saturated carbocycles. The first-order valence-electron chi connectivity index (χ1n) is 21.0. The van der Waals surface area contributed by atoms with E-state index in [0.29, 0.717) is 0 Å². The standard InChI is InChI=1S/C60H38S/c1-3-19-39(20-4-1)55-45-27-7-11-31-49(45)57(50-32-12-8-28-46(50)55)41-23-17-25-43(37-41)59-53-35-15-16-36-54(53)61-60(59)44-26-18-24-42(38-44)58-51-33-13-9-29-47(51)56(40-21-5-2-6-22-40)48-30-10-14-34-52(48)58/h1-38H. The minimum Gasteiger partial charge on any atom is -0.135 e. The molecule has 61 heavy (non-hydrogen) atoms. The highest BCUT2D eigenvalue weighted by Gasteiger charge is 2.21. The van der Waals surface area contributed by atoms with Gasteiger partial charge in [0.1, 0.15) is 0 Å². The minimum atomic E-state index is 1.22. The third kappa shape index (κ3) is 5.81. The van der Waals surface area contributed by atoms with Gasteiger partial charge in [-0.15, -0.1) is 11.3 Å². The van der Waals surface area contributed by atoms with Crippen molar-refractivity contribution in [1.82, 2.24) is 0 Å².